The van der Waals surface area contributed by atoms with Crippen LogP contribution in [0.2, 0.25) is 0 Å². The molecule has 2 aliphatic rings. The molecule has 1 saturated carbocycles. The zero-order chi connectivity index (χ0) is 16.9. The molecule has 0 spiro atoms. The normalized spacial score (nSPS) is 21.5. The second-order valence-corrected chi connectivity index (χ2v) is 6.99. The standard InChI is InChI=1S/C19H28FN3O/c1-15(19(24)21-16-7-3-2-4-8-16)22-11-13-23(14-12-22)18-10-6-5-9-17(18)20/h5-6,9-10,15-16H,2-4,7-8,11-14H2,1H3,(H,21,24)/t15-/m0/s1. The Morgan fingerprint density at radius 1 is 1.12 bits per heavy atom. The first-order valence-electron chi connectivity index (χ1n) is 9.19. The van der Waals surface area contributed by atoms with Gasteiger partial charge in [0.2, 0.25) is 5.91 Å². The molecular weight excluding hydrogens is 305 g/mol. The number of benzene rings is 1. The number of carbonyl (C=O) groups is 1. The smallest absolute Gasteiger partial charge is 0.237 e. The number of piperazine rings is 1. The third-order valence-corrected chi connectivity index (χ3v) is 5.39. The van der Waals surface area contributed by atoms with Gasteiger partial charge in [0, 0.05) is 32.2 Å². The molecule has 1 atom stereocenters. The molecule has 5 heteroatoms. The molecule has 4 nitrogen and oxygen atoms in total. The van der Waals surface area contributed by atoms with Gasteiger partial charge in [-0.15, -0.1) is 0 Å². The molecular formula is C19H28FN3O. The fourth-order valence-corrected chi connectivity index (χ4v) is 3.79. The van der Waals surface area contributed by atoms with Crippen molar-refractivity contribution in [3.8, 4) is 0 Å². The molecule has 1 saturated heterocycles. The van der Waals surface area contributed by atoms with Crippen LogP contribution in [0.1, 0.15) is 39.0 Å². The number of nitrogens with one attached hydrogen (secondary N) is 1. The minimum absolute atomic E-state index is 0.116. The van der Waals surface area contributed by atoms with Crippen LogP contribution in [0.25, 0.3) is 0 Å². The van der Waals surface area contributed by atoms with E-state index in [1.807, 2.05) is 19.1 Å². The SMILES string of the molecule is C[C@@H](C(=O)NC1CCCCC1)N1CCN(c2ccccc2F)CC1. The van der Waals surface area contributed by atoms with Gasteiger partial charge in [0.05, 0.1) is 11.7 Å². The van der Waals surface area contributed by atoms with E-state index in [4.69, 9.17) is 0 Å². The summed E-state index contributed by atoms with van der Waals surface area (Å²) in [6, 6.07) is 7.15. The maximum absolute atomic E-state index is 13.9. The van der Waals surface area contributed by atoms with Gasteiger partial charge in [-0.2, -0.15) is 0 Å². The lowest BCUT2D eigenvalue weighted by molar-refractivity contribution is -0.127. The molecule has 1 aliphatic heterocycles. The Balaban J connectivity index is 1.50. The number of nitrogens with zero attached hydrogens (tertiary/aromatic N) is 2. The fourth-order valence-electron chi connectivity index (χ4n) is 3.79. The number of hydrogen-bond acceptors (Lipinski definition) is 3. The number of hydrogen-bond donors (Lipinski definition) is 1. The predicted octanol–water partition coefficient (Wildman–Crippen LogP) is 2.79. The van der Waals surface area contributed by atoms with Crippen LogP contribution in [0.4, 0.5) is 10.1 Å². The molecule has 0 aromatic heterocycles. The molecule has 0 unspecified atom stereocenters. The first-order chi connectivity index (χ1) is 11.6. The Hall–Kier alpha value is -1.62. The first-order valence-corrected chi connectivity index (χ1v) is 9.19. The van der Waals surface area contributed by atoms with Crippen LogP contribution in [0.3, 0.4) is 0 Å². The van der Waals surface area contributed by atoms with Crippen molar-refractivity contribution in [1.82, 2.24) is 10.2 Å². The molecule has 3 rings (SSSR count). The average Bonchev–Trinajstić information content (AvgIpc) is 2.62. The lowest BCUT2D eigenvalue weighted by Gasteiger charge is -2.39. The van der Waals surface area contributed by atoms with E-state index in [1.54, 1.807) is 6.07 Å². The van der Waals surface area contributed by atoms with Crippen molar-refractivity contribution >= 4 is 11.6 Å². The minimum Gasteiger partial charge on any atom is -0.367 e. The molecule has 1 aliphatic carbocycles. The Labute approximate surface area is 144 Å². The van der Waals surface area contributed by atoms with Crippen molar-refractivity contribution in [2.24, 2.45) is 0 Å². The summed E-state index contributed by atoms with van der Waals surface area (Å²) >= 11 is 0. The Morgan fingerprint density at radius 2 is 1.79 bits per heavy atom. The van der Waals surface area contributed by atoms with Gasteiger partial charge in [0.25, 0.3) is 0 Å². The summed E-state index contributed by atoms with van der Waals surface area (Å²) in [6.45, 7) is 5.06. The van der Waals surface area contributed by atoms with Crippen LogP contribution in [0.15, 0.2) is 24.3 Å². The summed E-state index contributed by atoms with van der Waals surface area (Å²) in [5.41, 5.74) is 0.663. The molecule has 2 fully saturated rings. The summed E-state index contributed by atoms with van der Waals surface area (Å²) in [4.78, 5) is 16.8. The average molecular weight is 333 g/mol. The van der Waals surface area contributed by atoms with Crippen molar-refractivity contribution in [2.45, 2.75) is 51.1 Å². The van der Waals surface area contributed by atoms with Crippen LogP contribution >= 0.6 is 0 Å². The van der Waals surface area contributed by atoms with Crippen LogP contribution in [-0.4, -0.2) is 49.1 Å². The van der Waals surface area contributed by atoms with Gasteiger partial charge >= 0.3 is 0 Å². The third kappa shape index (κ3) is 4.07. The Bertz CT molecular complexity index is 551. The summed E-state index contributed by atoms with van der Waals surface area (Å²) < 4.78 is 13.9. The van der Waals surface area contributed by atoms with Crippen molar-refractivity contribution in [3.63, 3.8) is 0 Å². The van der Waals surface area contributed by atoms with Gasteiger partial charge in [0.15, 0.2) is 0 Å². The van der Waals surface area contributed by atoms with Crippen molar-refractivity contribution in [3.05, 3.63) is 30.1 Å². The van der Waals surface area contributed by atoms with Gasteiger partial charge in [-0.25, -0.2) is 4.39 Å². The highest BCUT2D eigenvalue weighted by atomic mass is 19.1. The van der Waals surface area contributed by atoms with E-state index >= 15 is 0 Å². The van der Waals surface area contributed by atoms with Gasteiger partial charge in [-0.1, -0.05) is 31.4 Å². The van der Waals surface area contributed by atoms with Crippen molar-refractivity contribution < 1.29 is 9.18 Å². The quantitative estimate of drug-likeness (QED) is 0.920. The molecule has 1 aromatic carbocycles. The van der Waals surface area contributed by atoms with E-state index in [-0.39, 0.29) is 17.8 Å². The monoisotopic (exact) mass is 333 g/mol. The van der Waals surface area contributed by atoms with Gasteiger partial charge in [0.1, 0.15) is 5.82 Å². The van der Waals surface area contributed by atoms with Gasteiger partial charge in [-0.05, 0) is 31.9 Å². The molecule has 132 valence electrons. The Kier molecular flexibility index (Phi) is 5.72. The zero-order valence-corrected chi connectivity index (χ0v) is 14.5. The maximum Gasteiger partial charge on any atom is 0.237 e. The highest BCUT2D eigenvalue weighted by Gasteiger charge is 2.27. The summed E-state index contributed by atoms with van der Waals surface area (Å²) in [7, 11) is 0. The summed E-state index contributed by atoms with van der Waals surface area (Å²) in [5.74, 6) is -0.0321. The lowest BCUT2D eigenvalue weighted by atomic mass is 9.95. The molecule has 0 bridgehead atoms. The van der Waals surface area contributed by atoms with Crippen LogP contribution in [0, 0.1) is 5.82 Å². The van der Waals surface area contributed by atoms with Gasteiger partial charge in [-0.3, -0.25) is 9.69 Å². The summed E-state index contributed by atoms with van der Waals surface area (Å²) in [6.07, 6.45) is 5.96. The van der Waals surface area contributed by atoms with E-state index < -0.39 is 0 Å². The highest BCUT2D eigenvalue weighted by Crippen LogP contribution is 2.21. The predicted molar refractivity (Wildman–Crippen MR) is 94.7 cm³/mol. The van der Waals surface area contributed by atoms with Gasteiger partial charge < -0.3 is 10.2 Å². The second kappa shape index (κ2) is 7.97. The molecule has 1 N–H and O–H groups in total. The molecule has 1 aromatic rings. The lowest BCUT2D eigenvalue weighted by Crippen LogP contribution is -2.55. The number of para-hydroxylation sites is 1. The third-order valence-electron chi connectivity index (χ3n) is 5.39. The zero-order valence-electron chi connectivity index (χ0n) is 14.5. The number of carbonyl (C=O) groups excluding carboxylic acids is 1. The first kappa shape index (κ1) is 17.2. The van der Waals surface area contributed by atoms with Crippen LogP contribution < -0.4 is 10.2 Å². The number of halogens is 1. The number of rotatable bonds is 4. The van der Waals surface area contributed by atoms with E-state index in [1.165, 1.54) is 25.3 Å². The minimum atomic E-state index is -0.172. The van der Waals surface area contributed by atoms with Crippen LogP contribution in [0.5, 0.6) is 0 Å². The van der Waals surface area contributed by atoms with E-state index in [2.05, 4.69) is 15.1 Å². The van der Waals surface area contributed by atoms with Crippen LogP contribution in [-0.2, 0) is 4.79 Å². The largest absolute Gasteiger partial charge is 0.367 e. The van der Waals surface area contributed by atoms with E-state index in [0.717, 1.165) is 39.0 Å². The molecule has 1 amide bonds. The topological polar surface area (TPSA) is 35.6 Å². The van der Waals surface area contributed by atoms with Crippen molar-refractivity contribution in [1.29, 1.82) is 0 Å². The molecule has 1 heterocycles. The Morgan fingerprint density at radius 3 is 2.46 bits per heavy atom. The van der Waals surface area contributed by atoms with E-state index in [9.17, 15) is 9.18 Å². The van der Waals surface area contributed by atoms with E-state index in [0.29, 0.717) is 11.7 Å². The number of amides is 1. The number of anilines is 1. The maximum atomic E-state index is 13.9. The van der Waals surface area contributed by atoms with Crippen molar-refractivity contribution in [2.75, 3.05) is 31.1 Å². The molecule has 0 radical (unpaired) electrons. The fraction of sp³-hybridized carbons (Fsp3) is 0.632. The highest BCUT2D eigenvalue weighted by molar-refractivity contribution is 5.81. The second-order valence-electron chi connectivity index (χ2n) is 6.99. The molecule has 24 heavy (non-hydrogen) atoms. The summed E-state index contributed by atoms with van der Waals surface area (Å²) in [5, 5.41) is 3.21.